The molecule has 0 spiro atoms. The zero-order chi connectivity index (χ0) is 13.7. The number of hydrogen-bond acceptors (Lipinski definition) is 2. The van der Waals surface area contributed by atoms with Crippen LogP contribution in [0.25, 0.3) is 0 Å². The van der Waals surface area contributed by atoms with Gasteiger partial charge in [0.2, 0.25) is 0 Å². The molecule has 0 aliphatic carbocycles. The van der Waals surface area contributed by atoms with Gasteiger partial charge in [-0.1, -0.05) is 31.5 Å². The number of methoxy groups -OCH3 is 1. The van der Waals surface area contributed by atoms with E-state index in [-0.39, 0.29) is 0 Å². The van der Waals surface area contributed by atoms with Crippen molar-refractivity contribution in [3.8, 4) is 5.75 Å². The van der Waals surface area contributed by atoms with E-state index in [4.69, 9.17) is 10.5 Å². The molecular formula is C16H27NO. The van der Waals surface area contributed by atoms with Crippen molar-refractivity contribution in [2.75, 3.05) is 13.7 Å². The summed E-state index contributed by atoms with van der Waals surface area (Å²) in [5, 5.41) is 0. The molecule has 1 atom stereocenters. The van der Waals surface area contributed by atoms with Gasteiger partial charge in [0.15, 0.2) is 0 Å². The number of nitrogens with two attached hydrogens (primary N) is 1. The van der Waals surface area contributed by atoms with Crippen molar-refractivity contribution in [3.63, 3.8) is 0 Å². The lowest BCUT2D eigenvalue weighted by atomic mass is 9.83. The lowest BCUT2D eigenvalue weighted by molar-refractivity contribution is 0.384. The summed E-state index contributed by atoms with van der Waals surface area (Å²) < 4.78 is 5.61. The fraction of sp³-hybridized carbons (Fsp3) is 0.625. The Bertz CT molecular complexity index is 385. The normalized spacial score (nSPS) is 12.8. The van der Waals surface area contributed by atoms with Crippen LogP contribution in [0.4, 0.5) is 0 Å². The fourth-order valence-corrected chi connectivity index (χ4v) is 2.73. The molecule has 102 valence electrons. The van der Waals surface area contributed by atoms with E-state index in [0.717, 1.165) is 25.1 Å². The van der Waals surface area contributed by atoms with Crippen molar-refractivity contribution in [2.24, 2.45) is 11.7 Å². The van der Waals surface area contributed by atoms with E-state index in [1.807, 2.05) is 0 Å². The van der Waals surface area contributed by atoms with Crippen LogP contribution in [-0.2, 0) is 0 Å². The minimum absolute atomic E-state index is 0.530. The lowest BCUT2D eigenvalue weighted by Gasteiger charge is -2.25. The first-order valence-corrected chi connectivity index (χ1v) is 6.86. The summed E-state index contributed by atoms with van der Waals surface area (Å²) in [6, 6.07) is 4.45. The molecule has 0 bridgehead atoms. The molecule has 0 heterocycles. The highest BCUT2D eigenvalue weighted by atomic mass is 16.5. The minimum Gasteiger partial charge on any atom is -0.496 e. The Morgan fingerprint density at radius 3 is 2.39 bits per heavy atom. The van der Waals surface area contributed by atoms with Gasteiger partial charge in [0.25, 0.3) is 0 Å². The van der Waals surface area contributed by atoms with Gasteiger partial charge < -0.3 is 10.5 Å². The highest BCUT2D eigenvalue weighted by molar-refractivity contribution is 5.45. The highest BCUT2D eigenvalue weighted by Crippen LogP contribution is 2.37. The smallest absolute Gasteiger partial charge is 0.125 e. The van der Waals surface area contributed by atoms with Crippen LogP contribution in [0.1, 0.15) is 49.3 Å². The third-order valence-corrected chi connectivity index (χ3v) is 3.58. The minimum atomic E-state index is 0.530. The SMILES string of the molecule is COc1c(C)cc(C)cc1C(CCCN)C(C)C. The molecule has 1 aromatic rings. The van der Waals surface area contributed by atoms with Gasteiger partial charge in [0.05, 0.1) is 7.11 Å². The summed E-state index contributed by atoms with van der Waals surface area (Å²) in [6.07, 6.45) is 2.20. The Morgan fingerprint density at radius 1 is 1.22 bits per heavy atom. The Kier molecular flexibility index (Phi) is 5.67. The molecule has 0 aromatic heterocycles. The summed E-state index contributed by atoms with van der Waals surface area (Å²) in [5.74, 6) is 2.19. The van der Waals surface area contributed by atoms with E-state index in [1.165, 1.54) is 16.7 Å². The maximum atomic E-state index is 5.65. The van der Waals surface area contributed by atoms with Crippen LogP contribution in [0, 0.1) is 19.8 Å². The third-order valence-electron chi connectivity index (χ3n) is 3.58. The van der Waals surface area contributed by atoms with Crippen LogP contribution in [0.3, 0.4) is 0 Å². The van der Waals surface area contributed by atoms with Crippen LogP contribution in [0.2, 0.25) is 0 Å². The second-order valence-corrected chi connectivity index (χ2v) is 5.49. The maximum absolute atomic E-state index is 5.65. The standard InChI is InChI=1S/C16H27NO/c1-11(2)14(7-6-8-17)15-10-12(3)9-13(4)16(15)18-5/h9-11,14H,6-8,17H2,1-5H3. The molecule has 0 saturated carbocycles. The fourth-order valence-electron chi connectivity index (χ4n) is 2.73. The summed E-state index contributed by atoms with van der Waals surface area (Å²) in [7, 11) is 1.77. The summed E-state index contributed by atoms with van der Waals surface area (Å²) >= 11 is 0. The van der Waals surface area contributed by atoms with Gasteiger partial charge in [-0.15, -0.1) is 0 Å². The molecule has 18 heavy (non-hydrogen) atoms. The average Bonchev–Trinajstić information content (AvgIpc) is 2.28. The summed E-state index contributed by atoms with van der Waals surface area (Å²) in [5.41, 5.74) is 9.53. The van der Waals surface area contributed by atoms with Gasteiger partial charge in [-0.05, 0) is 56.2 Å². The lowest BCUT2D eigenvalue weighted by Crippen LogP contribution is -2.12. The quantitative estimate of drug-likeness (QED) is 0.832. The van der Waals surface area contributed by atoms with Gasteiger partial charge in [-0.25, -0.2) is 0 Å². The van der Waals surface area contributed by atoms with Gasteiger partial charge in [-0.3, -0.25) is 0 Å². The largest absolute Gasteiger partial charge is 0.496 e. The molecule has 2 N–H and O–H groups in total. The Hall–Kier alpha value is -1.02. The molecule has 1 aromatic carbocycles. The Labute approximate surface area is 112 Å². The van der Waals surface area contributed by atoms with Gasteiger partial charge >= 0.3 is 0 Å². The van der Waals surface area contributed by atoms with E-state index in [0.29, 0.717) is 11.8 Å². The molecule has 1 rings (SSSR count). The van der Waals surface area contributed by atoms with Crippen LogP contribution in [-0.4, -0.2) is 13.7 Å². The molecule has 0 aliphatic heterocycles. The molecule has 0 aliphatic rings. The molecule has 2 heteroatoms. The highest BCUT2D eigenvalue weighted by Gasteiger charge is 2.20. The first-order chi connectivity index (χ1) is 8.51. The third kappa shape index (κ3) is 3.49. The van der Waals surface area contributed by atoms with Crippen LogP contribution >= 0.6 is 0 Å². The molecule has 0 amide bonds. The number of benzene rings is 1. The van der Waals surface area contributed by atoms with Crippen molar-refractivity contribution in [3.05, 3.63) is 28.8 Å². The van der Waals surface area contributed by atoms with Gasteiger partial charge in [0.1, 0.15) is 5.75 Å². The topological polar surface area (TPSA) is 35.2 Å². The van der Waals surface area contributed by atoms with Crippen molar-refractivity contribution < 1.29 is 4.74 Å². The average molecular weight is 249 g/mol. The Balaban J connectivity index is 3.17. The van der Waals surface area contributed by atoms with E-state index in [2.05, 4.69) is 39.8 Å². The molecular weight excluding hydrogens is 222 g/mol. The number of aryl methyl sites for hydroxylation is 2. The molecule has 0 fully saturated rings. The van der Waals surface area contributed by atoms with Crippen LogP contribution < -0.4 is 10.5 Å². The number of rotatable bonds is 6. The van der Waals surface area contributed by atoms with E-state index >= 15 is 0 Å². The van der Waals surface area contributed by atoms with Crippen LogP contribution in [0.15, 0.2) is 12.1 Å². The summed E-state index contributed by atoms with van der Waals surface area (Å²) in [6.45, 7) is 9.58. The predicted octanol–water partition coefficient (Wildman–Crippen LogP) is 3.79. The molecule has 1 unspecified atom stereocenters. The number of hydrogen-bond donors (Lipinski definition) is 1. The summed E-state index contributed by atoms with van der Waals surface area (Å²) in [4.78, 5) is 0. The second kappa shape index (κ2) is 6.79. The maximum Gasteiger partial charge on any atom is 0.125 e. The molecule has 0 saturated heterocycles. The molecule has 0 radical (unpaired) electrons. The van der Waals surface area contributed by atoms with Crippen molar-refractivity contribution in [2.45, 2.75) is 46.5 Å². The van der Waals surface area contributed by atoms with E-state index in [1.54, 1.807) is 7.11 Å². The first kappa shape index (κ1) is 15.0. The predicted molar refractivity (Wildman–Crippen MR) is 78.3 cm³/mol. The van der Waals surface area contributed by atoms with Crippen molar-refractivity contribution in [1.82, 2.24) is 0 Å². The Morgan fingerprint density at radius 2 is 1.89 bits per heavy atom. The van der Waals surface area contributed by atoms with Crippen molar-refractivity contribution in [1.29, 1.82) is 0 Å². The zero-order valence-corrected chi connectivity index (χ0v) is 12.4. The zero-order valence-electron chi connectivity index (χ0n) is 12.4. The monoisotopic (exact) mass is 249 g/mol. The second-order valence-electron chi connectivity index (χ2n) is 5.49. The van der Waals surface area contributed by atoms with Gasteiger partial charge in [0, 0.05) is 0 Å². The van der Waals surface area contributed by atoms with Crippen molar-refractivity contribution >= 4 is 0 Å². The van der Waals surface area contributed by atoms with Crippen LogP contribution in [0.5, 0.6) is 5.75 Å². The van der Waals surface area contributed by atoms with E-state index < -0.39 is 0 Å². The number of ether oxygens (including phenoxy) is 1. The van der Waals surface area contributed by atoms with E-state index in [9.17, 15) is 0 Å². The first-order valence-electron chi connectivity index (χ1n) is 6.86. The van der Waals surface area contributed by atoms with Gasteiger partial charge in [-0.2, -0.15) is 0 Å². The molecule has 2 nitrogen and oxygen atoms in total.